The molecule has 0 bridgehead atoms. The van der Waals surface area contributed by atoms with Crippen molar-refractivity contribution in [3.8, 4) is 5.75 Å². The lowest BCUT2D eigenvalue weighted by atomic mass is 10.1. The molecule has 0 saturated carbocycles. The first-order valence-corrected chi connectivity index (χ1v) is 10.2. The monoisotopic (exact) mass is 418 g/mol. The number of hydrogen-bond acceptors (Lipinski definition) is 5. The van der Waals surface area contributed by atoms with Crippen LogP contribution in [0.15, 0.2) is 36.0 Å². The number of benzene rings is 1. The molecule has 1 aromatic heterocycles. The lowest BCUT2D eigenvalue weighted by molar-refractivity contribution is 0.311. The second-order valence-corrected chi connectivity index (χ2v) is 8.12. The van der Waals surface area contributed by atoms with Crippen LogP contribution in [0, 0.1) is 0 Å². The number of ether oxygens (including phenoxy) is 1. The predicted octanol–water partition coefficient (Wildman–Crippen LogP) is 3.71. The minimum absolute atomic E-state index is 0.527. The number of aromatic nitrogens is 1. The minimum Gasteiger partial charge on any atom is -0.487 e. The van der Waals surface area contributed by atoms with Crippen LogP contribution in [0.3, 0.4) is 0 Å². The van der Waals surface area contributed by atoms with Crippen LogP contribution in [0.1, 0.15) is 11.1 Å². The van der Waals surface area contributed by atoms with Gasteiger partial charge in [-0.1, -0.05) is 29.3 Å². The zero-order chi connectivity index (χ0) is 19.5. The maximum absolute atomic E-state index is 6.21. The van der Waals surface area contributed by atoms with Gasteiger partial charge < -0.3 is 19.9 Å². The van der Waals surface area contributed by atoms with Crippen molar-refractivity contribution >= 4 is 35.1 Å². The molecule has 3 heterocycles. The molecular weight excluding hydrogens is 395 g/mol. The van der Waals surface area contributed by atoms with Gasteiger partial charge in [0.05, 0.1) is 5.02 Å². The zero-order valence-corrected chi connectivity index (χ0v) is 17.4. The van der Waals surface area contributed by atoms with Gasteiger partial charge >= 0.3 is 0 Å². The van der Waals surface area contributed by atoms with Crippen molar-refractivity contribution in [2.45, 2.75) is 6.54 Å². The number of halogens is 2. The number of fused-ring (bicyclic) bond motifs is 1. The number of rotatable bonds is 5. The Morgan fingerprint density at radius 1 is 1.14 bits per heavy atom. The summed E-state index contributed by atoms with van der Waals surface area (Å²) in [5.41, 5.74) is 3.31. The maximum atomic E-state index is 6.21. The van der Waals surface area contributed by atoms with E-state index in [2.05, 4.69) is 39.3 Å². The topological polar surface area (TPSA) is 40.6 Å². The van der Waals surface area contributed by atoms with E-state index in [9.17, 15) is 0 Å². The highest BCUT2D eigenvalue weighted by atomic mass is 35.5. The van der Waals surface area contributed by atoms with E-state index in [0.29, 0.717) is 22.4 Å². The van der Waals surface area contributed by atoms with E-state index in [0.717, 1.165) is 56.2 Å². The van der Waals surface area contributed by atoms with Crippen LogP contribution in [0.4, 0.5) is 5.82 Å². The highest BCUT2D eigenvalue weighted by Crippen LogP contribution is 2.36. The summed E-state index contributed by atoms with van der Waals surface area (Å²) in [6.45, 7) is 6.18. The maximum Gasteiger partial charge on any atom is 0.145 e. The Kier molecular flexibility index (Phi) is 6.07. The molecule has 2 aliphatic heterocycles. The Morgan fingerprint density at radius 3 is 2.79 bits per heavy atom. The summed E-state index contributed by atoms with van der Waals surface area (Å²) in [5.74, 6) is 1.79. The van der Waals surface area contributed by atoms with Crippen molar-refractivity contribution in [1.29, 1.82) is 0 Å². The summed E-state index contributed by atoms with van der Waals surface area (Å²) in [6.07, 6.45) is 3.98. The summed E-state index contributed by atoms with van der Waals surface area (Å²) in [6, 6.07) is 7.74. The van der Waals surface area contributed by atoms with Gasteiger partial charge in [0.15, 0.2) is 0 Å². The molecule has 2 aromatic rings. The van der Waals surface area contributed by atoms with Gasteiger partial charge in [0.1, 0.15) is 18.2 Å². The van der Waals surface area contributed by atoms with Crippen LogP contribution in [0.25, 0.3) is 6.08 Å². The van der Waals surface area contributed by atoms with Crippen molar-refractivity contribution < 1.29 is 4.74 Å². The van der Waals surface area contributed by atoms with E-state index >= 15 is 0 Å². The number of pyridine rings is 1. The van der Waals surface area contributed by atoms with Gasteiger partial charge in [-0.05, 0) is 36.9 Å². The Hall–Kier alpha value is -1.79. The third-order valence-electron chi connectivity index (χ3n) is 5.14. The molecule has 0 amide bonds. The van der Waals surface area contributed by atoms with Crippen molar-refractivity contribution in [1.82, 2.24) is 15.2 Å². The highest BCUT2D eigenvalue weighted by molar-refractivity contribution is 6.36. The van der Waals surface area contributed by atoms with Gasteiger partial charge in [-0.15, -0.1) is 0 Å². The average molecular weight is 419 g/mol. The second-order valence-electron chi connectivity index (χ2n) is 7.28. The average Bonchev–Trinajstić information content (AvgIpc) is 2.69. The van der Waals surface area contributed by atoms with Crippen molar-refractivity contribution in [2.75, 3.05) is 51.3 Å². The lowest BCUT2D eigenvalue weighted by Crippen LogP contribution is -2.45. The van der Waals surface area contributed by atoms with Crippen molar-refractivity contribution in [2.24, 2.45) is 0 Å². The lowest BCUT2D eigenvalue weighted by Gasteiger charge is -2.34. The summed E-state index contributed by atoms with van der Waals surface area (Å²) in [7, 11) is 2.16. The first-order valence-electron chi connectivity index (χ1n) is 9.49. The van der Waals surface area contributed by atoms with Gasteiger partial charge in [0.25, 0.3) is 0 Å². The van der Waals surface area contributed by atoms with Crippen LogP contribution in [-0.4, -0.2) is 56.3 Å². The molecule has 1 aromatic carbocycles. The summed E-state index contributed by atoms with van der Waals surface area (Å²) in [4.78, 5) is 9.37. The third kappa shape index (κ3) is 4.44. The fraction of sp³-hybridized carbons (Fsp3) is 0.381. The minimum atomic E-state index is 0.527. The van der Waals surface area contributed by atoms with Crippen molar-refractivity contribution in [3.05, 3.63) is 57.2 Å². The highest BCUT2D eigenvalue weighted by Gasteiger charge is 2.18. The largest absolute Gasteiger partial charge is 0.487 e. The summed E-state index contributed by atoms with van der Waals surface area (Å²) in [5, 5.41) is 4.70. The second kappa shape index (κ2) is 8.70. The van der Waals surface area contributed by atoms with E-state index in [1.165, 1.54) is 5.56 Å². The van der Waals surface area contributed by atoms with Gasteiger partial charge in [-0.25, -0.2) is 4.98 Å². The number of nitrogens with one attached hydrogen (secondary N) is 1. The number of nitrogens with zero attached hydrogens (tertiary/aromatic N) is 3. The molecule has 148 valence electrons. The van der Waals surface area contributed by atoms with Crippen LogP contribution in [-0.2, 0) is 6.54 Å². The van der Waals surface area contributed by atoms with Crippen LogP contribution >= 0.6 is 23.2 Å². The zero-order valence-electron chi connectivity index (χ0n) is 15.9. The summed E-state index contributed by atoms with van der Waals surface area (Å²) < 4.78 is 5.83. The molecule has 4 rings (SSSR count). The third-order valence-corrected chi connectivity index (χ3v) is 5.64. The normalized spacial score (nSPS) is 17.1. The van der Waals surface area contributed by atoms with E-state index in [-0.39, 0.29) is 0 Å². The summed E-state index contributed by atoms with van der Waals surface area (Å²) >= 11 is 12.3. The number of hydrogen-bond donors (Lipinski definition) is 1. The molecule has 1 saturated heterocycles. The smallest absolute Gasteiger partial charge is 0.145 e. The number of likely N-dealkylation sites (N-methyl/N-ethyl adjacent to an activating group) is 1. The van der Waals surface area contributed by atoms with Gasteiger partial charge in [0.2, 0.25) is 0 Å². The van der Waals surface area contributed by atoms with E-state index in [1.54, 1.807) is 6.07 Å². The van der Waals surface area contributed by atoms with E-state index in [1.807, 2.05) is 18.3 Å². The molecule has 5 nitrogen and oxygen atoms in total. The Balaban J connectivity index is 1.40. The molecule has 0 radical (unpaired) electrons. The molecule has 0 aliphatic carbocycles. The molecule has 0 spiro atoms. The molecule has 0 unspecified atom stereocenters. The first-order chi connectivity index (χ1) is 13.6. The number of anilines is 1. The fourth-order valence-corrected chi connectivity index (χ4v) is 4.16. The number of piperazine rings is 1. The molecule has 0 atom stereocenters. The van der Waals surface area contributed by atoms with E-state index in [4.69, 9.17) is 27.9 Å². The van der Waals surface area contributed by atoms with Crippen molar-refractivity contribution in [3.63, 3.8) is 0 Å². The van der Waals surface area contributed by atoms with Crippen LogP contribution in [0.5, 0.6) is 5.75 Å². The Morgan fingerprint density at radius 2 is 1.96 bits per heavy atom. The predicted molar refractivity (Wildman–Crippen MR) is 116 cm³/mol. The molecule has 1 fully saturated rings. The molecule has 1 N–H and O–H groups in total. The Bertz CT molecular complexity index is 879. The van der Waals surface area contributed by atoms with E-state index < -0.39 is 0 Å². The van der Waals surface area contributed by atoms with Crippen LogP contribution < -0.4 is 15.0 Å². The molecule has 7 heteroatoms. The van der Waals surface area contributed by atoms with Gasteiger partial charge in [-0.3, -0.25) is 0 Å². The van der Waals surface area contributed by atoms with Crippen LogP contribution in [0.2, 0.25) is 10.0 Å². The quantitative estimate of drug-likeness (QED) is 0.801. The Labute approximate surface area is 175 Å². The fourth-order valence-electron chi connectivity index (χ4n) is 3.60. The van der Waals surface area contributed by atoms with Gasteiger partial charge in [-0.2, -0.15) is 0 Å². The SMILES string of the molecule is CN1CCN(c2ncccc2CNCC2=Cc3cc(Cl)cc(Cl)c3OC2)CC1. The molecular formula is C21H24Cl2N4O. The first kappa shape index (κ1) is 19.5. The van der Waals surface area contributed by atoms with Gasteiger partial charge in [0, 0.05) is 61.6 Å². The molecule has 2 aliphatic rings. The molecule has 28 heavy (non-hydrogen) atoms. The standard InChI is InChI=1S/C21H24Cl2N4O/c1-26-5-7-27(8-6-26)21-16(3-2-4-25-21)13-24-12-15-9-17-10-18(22)11-19(23)20(17)28-14-15/h2-4,9-11,24H,5-8,12-14H2,1H3.